The van der Waals surface area contributed by atoms with E-state index in [1.165, 1.54) is 93.5 Å². The molecule has 170 valence electrons. The van der Waals surface area contributed by atoms with E-state index in [4.69, 9.17) is 4.74 Å². The van der Waals surface area contributed by atoms with Gasteiger partial charge in [-0.2, -0.15) is 0 Å². The molecule has 0 atom stereocenters. The lowest BCUT2D eigenvalue weighted by molar-refractivity contribution is -0.0205. The molecule has 3 nitrogen and oxygen atoms in total. The van der Waals surface area contributed by atoms with Crippen LogP contribution in [0.5, 0.6) is 5.75 Å². The first-order valence-corrected chi connectivity index (χ1v) is 13.1. The summed E-state index contributed by atoms with van der Waals surface area (Å²) in [5, 5.41) is 5.45. The van der Waals surface area contributed by atoms with Gasteiger partial charge in [-0.25, -0.2) is 0 Å². The second-order valence-electron chi connectivity index (χ2n) is 11.0. The Labute approximate surface area is 188 Å². The fraction of sp³-hybridized carbons (Fsp3) is 0.714. The maximum Gasteiger partial charge on any atom is 0.128 e. The van der Waals surface area contributed by atoms with E-state index in [0.717, 1.165) is 36.6 Å². The normalized spacial score (nSPS) is 29.2. The lowest BCUT2D eigenvalue weighted by Gasteiger charge is -2.57. The van der Waals surface area contributed by atoms with Crippen LogP contribution in [-0.4, -0.2) is 17.2 Å². The lowest BCUT2D eigenvalue weighted by atomic mass is 9.53. The van der Waals surface area contributed by atoms with Crippen LogP contribution in [0.25, 0.3) is 10.9 Å². The third-order valence-electron chi connectivity index (χ3n) is 8.61. The van der Waals surface area contributed by atoms with Crippen molar-refractivity contribution in [1.29, 1.82) is 0 Å². The van der Waals surface area contributed by atoms with Crippen LogP contribution in [0.1, 0.15) is 89.5 Å². The lowest BCUT2D eigenvalue weighted by Crippen LogP contribution is -2.58. The molecule has 3 heteroatoms. The minimum atomic E-state index is 0.407. The molecule has 4 aliphatic rings. The molecule has 1 aromatic heterocycles. The smallest absolute Gasteiger partial charge is 0.128 e. The largest absolute Gasteiger partial charge is 0.496 e. The SMILES string of the molecule is CCCCCCCCn1cc(CNC23CC4CC(CC(C4)C2)C3)c2c(OC)cccc21. The van der Waals surface area contributed by atoms with Crippen molar-refractivity contribution in [2.24, 2.45) is 17.8 Å². The van der Waals surface area contributed by atoms with E-state index in [2.05, 4.69) is 41.2 Å². The molecule has 0 saturated heterocycles. The number of methoxy groups -OCH3 is 1. The van der Waals surface area contributed by atoms with Crippen LogP contribution in [0.15, 0.2) is 24.4 Å². The zero-order valence-corrected chi connectivity index (χ0v) is 19.8. The Hall–Kier alpha value is -1.48. The summed E-state index contributed by atoms with van der Waals surface area (Å²) in [6.07, 6.45) is 19.2. The van der Waals surface area contributed by atoms with Gasteiger partial charge in [0, 0.05) is 30.2 Å². The van der Waals surface area contributed by atoms with Crippen molar-refractivity contribution in [2.75, 3.05) is 7.11 Å². The quantitative estimate of drug-likeness (QED) is 0.392. The molecule has 1 heterocycles. The van der Waals surface area contributed by atoms with Gasteiger partial charge in [0.15, 0.2) is 0 Å². The summed E-state index contributed by atoms with van der Waals surface area (Å²) in [4.78, 5) is 0. The third kappa shape index (κ3) is 4.40. The van der Waals surface area contributed by atoms with E-state index in [1.807, 2.05) is 7.11 Å². The number of nitrogens with zero attached hydrogens (tertiary/aromatic N) is 1. The first kappa shape index (κ1) is 21.4. The van der Waals surface area contributed by atoms with Gasteiger partial charge >= 0.3 is 0 Å². The monoisotopic (exact) mass is 422 g/mol. The van der Waals surface area contributed by atoms with E-state index in [0.29, 0.717) is 5.54 Å². The van der Waals surface area contributed by atoms with Gasteiger partial charge in [0.2, 0.25) is 0 Å². The minimum Gasteiger partial charge on any atom is -0.496 e. The number of benzene rings is 1. The molecule has 4 bridgehead atoms. The van der Waals surface area contributed by atoms with Crippen LogP contribution >= 0.6 is 0 Å². The second kappa shape index (κ2) is 9.17. The Morgan fingerprint density at radius 2 is 1.65 bits per heavy atom. The van der Waals surface area contributed by atoms with Gasteiger partial charge in [-0.1, -0.05) is 45.1 Å². The van der Waals surface area contributed by atoms with E-state index in [1.54, 1.807) is 0 Å². The van der Waals surface area contributed by atoms with Gasteiger partial charge in [0.25, 0.3) is 0 Å². The fourth-order valence-corrected chi connectivity index (χ4v) is 7.57. The van der Waals surface area contributed by atoms with Crippen molar-refractivity contribution in [3.8, 4) is 5.75 Å². The molecule has 0 aliphatic heterocycles. The first-order chi connectivity index (χ1) is 15.2. The Morgan fingerprint density at radius 1 is 0.968 bits per heavy atom. The summed E-state index contributed by atoms with van der Waals surface area (Å²) in [5.74, 6) is 3.99. The average Bonchev–Trinajstić information content (AvgIpc) is 3.12. The summed E-state index contributed by atoms with van der Waals surface area (Å²) in [6, 6.07) is 6.56. The van der Waals surface area contributed by atoms with Crippen LogP contribution in [0.4, 0.5) is 0 Å². The van der Waals surface area contributed by atoms with E-state index in [9.17, 15) is 0 Å². The molecule has 4 fully saturated rings. The second-order valence-corrected chi connectivity index (χ2v) is 11.0. The maximum atomic E-state index is 5.81. The van der Waals surface area contributed by atoms with Crippen molar-refractivity contribution in [1.82, 2.24) is 9.88 Å². The van der Waals surface area contributed by atoms with Crippen LogP contribution in [-0.2, 0) is 13.1 Å². The summed E-state index contributed by atoms with van der Waals surface area (Å²) in [5.41, 5.74) is 3.18. The van der Waals surface area contributed by atoms with Crippen LogP contribution in [0.2, 0.25) is 0 Å². The van der Waals surface area contributed by atoms with Crippen molar-refractivity contribution in [2.45, 2.75) is 103 Å². The Morgan fingerprint density at radius 3 is 2.32 bits per heavy atom. The molecule has 0 unspecified atom stereocenters. The van der Waals surface area contributed by atoms with Gasteiger partial charge in [-0.15, -0.1) is 0 Å². The molecule has 1 N–H and O–H groups in total. The summed E-state index contributed by atoms with van der Waals surface area (Å²) < 4.78 is 8.30. The number of hydrogen-bond acceptors (Lipinski definition) is 2. The standard InChI is InChI=1S/C28H42N2O/c1-3-4-5-6-7-8-12-30-20-24(27-25(30)10-9-11-26(27)31-2)19-29-28-16-21-13-22(17-28)15-23(14-21)18-28/h9-11,20-23,29H,3-8,12-19H2,1-2H3. The summed E-state index contributed by atoms with van der Waals surface area (Å²) in [6.45, 7) is 4.39. The molecule has 6 rings (SSSR count). The number of aryl methyl sites for hydroxylation is 1. The van der Waals surface area contributed by atoms with Crippen molar-refractivity contribution in [3.63, 3.8) is 0 Å². The number of fused-ring (bicyclic) bond motifs is 1. The summed E-state index contributed by atoms with van der Waals surface area (Å²) >= 11 is 0. The first-order valence-electron chi connectivity index (χ1n) is 13.1. The highest BCUT2D eigenvalue weighted by Gasteiger charge is 2.50. The predicted molar refractivity (Wildman–Crippen MR) is 130 cm³/mol. The number of nitrogens with one attached hydrogen (secondary N) is 1. The molecule has 2 aromatic rings. The number of unbranched alkanes of at least 4 members (excludes halogenated alkanes) is 5. The minimum absolute atomic E-state index is 0.407. The zero-order chi connectivity index (χ0) is 21.3. The van der Waals surface area contributed by atoms with Crippen molar-refractivity contribution >= 4 is 10.9 Å². The van der Waals surface area contributed by atoms with Gasteiger partial charge in [0.1, 0.15) is 5.75 Å². The molecule has 0 radical (unpaired) electrons. The molecule has 0 spiro atoms. The topological polar surface area (TPSA) is 26.2 Å². The summed E-state index contributed by atoms with van der Waals surface area (Å²) in [7, 11) is 1.82. The Balaban J connectivity index is 1.31. The molecule has 1 aromatic carbocycles. The highest BCUT2D eigenvalue weighted by atomic mass is 16.5. The molecule has 31 heavy (non-hydrogen) atoms. The molecular weight excluding hydrogens is 380 g/mol. The number of hydrogen-bond donors (Lipinski definition) is 1. The zero-order valence-electron chi connectivity index (χ0n) is 19.8. The van der Waals surface area contributed by atoms with Crippen LogP contribution in [0, 0.1) is 17.8 Å². The average molecular weight is 423 g/mol. The molecule has 0 amide bonds. The van der Waals surface area contributed by atoms with Gasteiger partial charge in [0.05, 0.1) is 12.6 Å². The van der Waals surface area contributed by atoms with Gasteiger partial charge < -0.3 is 14.6 Å². The highest BCUT2D eigenvalue weighted by molar-refractivity contribution is 5.90. The predicted octanol–water partition coefficient (Wildman–Crippen LogP) is 7.07. The Kier molecular flexibility index (Phi) is 6.32. The van der Waals surface area contributed by atoms with Gasteiger partial charge in [-0.05, 0) is 80.4 Å². The molecular formula is C28H42N2O. The molecule has 4 aliphatic carbocycles. The number of ether oxygens (including phenoxy) is 1. The number of rotatable bonds is 11. The van der Waals surface area contributed by atoms with Crippen molar-refractivity contribution in [3.05, 3.63) is 30.0 Å². The van der Waals surface area contributed by atoms with Gasteiger partial charge in [-0.3, -0.25) is 0 Å². The fourth-order valence-electron chi connectivity index (χ4n) is 7.57. The maximum absolute atomic E-state index is 5.81. The number of aromatic nitrogens is 1. The molecule has 4 saturated carbocycles. The van der Waals surface area contributed by atoms with Crippen LogP contribution in [0.3, 0.4) is 0 Å². The Bertz CT molecular complexity index is 847. The van der Waals surface area contributed by atoms with E-state index < -0.39 is 0 Å². The third-order valence-corrected chi connectivity index (χ3v) is 8.61. The van der Waals surface area contributed by atoms with Crippen molar-refractivity contribution < 1.29 is 4.74 Å². The highest BCUT2D eigenvalue weighted by Crippen LogP contribution is 2.55. The van der Waals surface area contributed by atoms with E-state index >= 15 is 0 Å². The van der Waals surface area contributed by atoms with E-state index in [-0.39, 0.29) is 0 Å². The van der Waals surface area contributed by atoms with Crippen LogP contribution < -0.4 is 10.1 Å².